The van der Waals surface area contributed by atoms with Crippen LogP contribution in [0.15, 0.2) is 18.3 Å². The summed E-state index contributed by atoms with van der Waals surface area (Å²) in [4.78, 5) is 33.1. The number of hydrogen-bond acceptors (Lipinski definition) is 5. The summed E-state index contributed by atoms with van der Waals surface area (Å²) in [6, 6.07) is 3.68. The molecule has 0 spiro atoms. The van der Waals surface area contributed by atoms with Gasteiger partial charge in [0.05, 0.1) is 5.56 Å². The van der Waals surface area contributed by atoms with E-state index in [0.717, 1.165) is 51.3 Å². The fourth-order valence-electron chi connectivity index (χ4n) is 3.28. The summed E-state index contributed by atoms with van der Waals surface area (Å²) >= 11 is 0. The Balaban J connectivity index is 1.84. The first kappa shape index (κ1) is 21.2. The van der Waals surface area contributed by atoms with Crippen molar-refractivity contribution in [1.82, 2.24) is 15.2 Å². The maximum absolute atomic E-state index is 12.5. The number of nitrogens with zero attached hydrogens (tertiary/aromatic N) is 3. The number of carbonyl (C=O) groups is 2. The number of nitrogens with one attached hydrogen (secondary N) is 1. The van der Waals surface area contributed by atoms with E-state index in [0.29, 0.717) is 18.7 Å². The van der Waals surface area contributed by atoms with Crippen LogP contribution in [-0.2, 0) is 9.53 Å². The van der Waals surface area contributed by atoms with Crippen molar-refractivity contribution in [2.75, 3.05) is 51.3 Å². The van der Waals surface area contributed by atoms with Crippen molar-refractivity contribution in [3.05, 3.63) is 23.9 Å². The lowest BCUT2D eigenvalue weighted by atomic mass is 10.0. The normalized spacial score (nSPS) is 14.5. The molecule has 0 saturated carbocycles. The van der Waals surface area contributed by atoms with Crippen molar-refractivity contribution in [1.29, 1.82) is 0 Å². The van der Waals surface area contributed by atoms with Crippen molar-refractivity contribution < 1.29 is 14.3 Å². The van der Waals surface area contributed by atoms with Gasteiger partial charge >= 0.3 is 0 Å². The van der Waals surface area contributed by atoms with E-state index < -0.39 is 0 Å². The van der Waals surface area contributed by atoms with Crippen molar-refractivity contribution in [3.8, 4) is 0 Å². The molecule has 1 aliphatic rings. The highest BCUT2D eigenvalue weighted by Gasteiger charge is 2.25. The maximum Gasteiger partial charge on any atom is 0.252 e. The van der Waals surface area contributed by atoms with Crippen LogP contribution in [0, 0.1) is 5.92 Å². The minimum absolute atomic E-state index is 0.120. The number of aromatic nitrogens is 1. The van der Waals surface area contributed by atoms with Gasteiger partial charge in [0.2, 0.25) is 5.91 Å². The molecule has 2 amide bonds. The Morgan fingerprint density at radius 3 is 2.44 bits per heavy atom. The average molecular weight is 377 g/mol. The van der Waals surface area contributed by atoms with Gasteiger partial charge in [0.1, 0.15) is 5.82 Å². The molecule has 2 heterocycles. The van der Waals surface area contributed by atoms with Gasteiger partial charge in [-0.25, -0.2) is 4.98 Å². The second kappa shape index (κ2) is 10.9. The molecule has 0 unspecified atom stereocenters. The van der Waals surface area contributed by atoms with Gasteiger partial charge in [-0.2, -0.15) is 0 Å². The third kappa shape index (κ3) is 5.92. The Hall–Kier alpha value is -2.15. The second-order valence-corrected chi connectivity index (χ2v) is 6.83. The molecule has 1 aromatic heterocycles. The minimum Gasteiger partial charge on any atom is -0.385 e. The van der Waals surface area contributed by atoms with Crippen LogP contribution in [0.2, 0.25) is 0 Å². The SMILES string of the molecule is CCC(CC)C(=O)N1CCN(c2ccc(C(=O)NCCCOC)cn2)CC1. The average Bonchev–Trinajstić information content (AvgIpc) is 2.72. The van der Waals surface area contributed by atoms with Gasteiger partial charge in [-0.3, -0.25) is 9.59 Å². The Labute approximate surface area is 162 Å². The Bertz CT molecular complexity index is 594. The largest absolute Gasteiger partial charge is 0.385 e. The molecule has 27 heavy (non-hydrogen) atoms. The van der Waals surface area contributed by atoms with E-state index in [1.165, 1.54) is 0 Å². The van der Waals surface area contributed by atoms with Crippen LogP contribution < -0.4 is 10.2 Å². The second-order valence-electron chi connectivity index (χ2n) is 6.83. The Morgan fingerprint density at radius 2 is 1.89 bits per heavy atom. The maximum atomic E-state index is 12.5. The number of piperazine rings is 1. The number of anilines is 1. The molecule has 2 rings (SSSR count). The van der Waals surface area contributed by atoms with E-state index in [1.54, 1.807) is 19.4 Å². The first-order valence-electron chi connectivity index (χ1n) is 9.87. The molecule has 0 radical (unpaired) electrons. The summed E-state index contributed by atoms with van der Waals surface area (Å²) in [6.07, 6.45) is 4.19. The Kier molecular flexibility index (Phi) is 8.51. The van der Waals surface area contributed by atoms with Crippen molar-refractivity contribution in [3.63, 3.8) is 0 Å². The zero-order valence-corrected chi connectivity index (χ0v) is 16.7. The van der Waals surface area contributed by atoms with Crippen molar-refractivity contribution in [2.24, 2.45) is 5.92 Å². The molecule has 1 fully saturated rings. The van der Waals surface area contributed by atoms with Crippen LogP contribution in [0.4, 0.5) is 5.82 Å². The first-order chi connectivity index (χ1) is 13.1. The quantitative estimate of drug-likeness (QED) is 0.667. The van der Waals surface area contributed by atoms with Gasteiger partial charge in [0.25, 0.3) is 5.91 Å². The summed E-state index contributed by atoms with van der Waals surface area (Å²) in [5, 5.41) is 2.86. The van der Waals surface area contributed by atoms with Gasteiger partial charge in [0, 0.05) is 58.6 Å². The molecule has 7 heteroatoms. The summed E-state index contributed by atoms with van der Waals surface area (Å²) < 4.78 is 4.97. The van der Waals surface area contributed by atoms with Crippen LogP contribution in [0.25, 0.3) is 0 Å². The molecular weight excluding hydrogens is 344 g/mol. The number of carbonyl (C=O) groups excluding carboxylic acids is 2. The van der Waals surface area contributed by atoms with Crippen LogP contribution in [0.3, 0.4) is 0 Å². The molecule has 1 N–H and O–H groups in total. The lowest BCUT2D eigenvalue weighted by Crippen LogP contribution is -2.50. The van der Waals surface area contributed by atoms with Gasteiger partial charge in [-0.1, -0.05) is 13.8 Å². The molecule has 1 aromatic rings. The topological polar surface area (TPSA) is 74.8 Å². The summed E-state index contributed by atoms with van der Waals surface area (Å²) in [5.74, 6) is 1.13. The number of rotatable bonds is 9. The number of hydrogen-bond donors (Lipinski definition) is 1. The van der Waals surface area contributed by atoms with E-state index in [9.17, 15) is 9.59 Å². The van der Waals surface area contributed by atoms with Gasteiger partial charge in [0.15, 0.2) is 0 Å². The molecule has 0 atom stereocenters. The van der Waals surface area contributed by atoms with Crippen LogP contribution >= 0.6 is 0 Å². The van der Waals surface area contributed by atoms with E-state index in [-0.39, 0.29) is 17.7 Å². The molecule has 0 bridgehead atoms. The van der Waals surface area contributed by atoms with E-state index in [4.69, 9.17) is 4.74 Å². The van der Waals surface area contributed by atoms with Gasteiger partial charge in [-0.05, 0) is 31.4 Å². The van der Waals surface area contributed by atoms with E-state index >= 15 is 0 Å². The third-order valence-electron chi connectivity index (χ3n) is 5.07. The van der Waals surface area contributed by atoms with Crippen LogP contribution in [-0.4, -0.2) is 68.1 Å². The van der Waals surface area contributed by atoms with E-state index in [1.807, 2.05) is 11.0 Å². The highest BCUT2D eigenvalue weighted by Crippen LogP contribution is 2.17. The highest BCUT2D eigenvalue weighted by molar-refractivity contribution is 5.94. The number of amides is 2. The number of ether oxygens (including phenoxy) is 1. The summed E-state index contributed by atoms with van der Waals surface area (Å²) in [6.45, 7) is 8.33. The molecule has 1 aliphatic heterocycles. The monoisotopic (exact) mass is 376 g/mol. The smallest absolute Gasteiger partial charge is 0.252 e. The fraction of sp³-hybridized carbons (Fsp3) is 0.650. The van der Waals surface area contributed by atoms with Gasteiger partial charge < -0.3 is 19.9 Å². The predicted molar refractivity (Wildman–Crippen MR) is 106 cm³/mol. The molecule has 0 aliphatic carbocycles. The fourth-order valence-corrected chi connectivity index (χ4v) is 3.28. The molecule has 150 valence electrons. The lowest BCUT2D eigenvalue weighted by molar-refractivity contribution is -0.136. The van der Waals surface area contributed by atoms with E-state index in [2.05, 4.69) is 29.0 Å². The van der Waals surface area contributed by atoms with Crippen molar-refractivity contribution >= 4 is 17.6 Å². The molecular formula is C20H32N4O3. The third-order valence-corrected chi connectivity index (χ3v) is 5.07. The first-order valence-corrected chi connectivity index (χ1v) is 9.87. The molecule has 0 aromatic carbocycles. The predicted octanol–water partition coefficient (Wildman–Crippen LogP) is 1.93. The summed E-state index contributed by atoms with van der Waals surface area (Å²) in [5.41, 5.74) is 0.554. The van der Waals surface area contributed by atoms with Crippen molar-refractivity contribution in [2.45, 2.75) is 33.1 Å². The highest BCUT2D eigenvalue weighted by atomic mass is 16.5. The zero-order valence-electron chi connectivity index (χ0n) is 16.7. The lowest BCUT2D eigenvalue weighted by Gasteiger charge is -2.36. The van der Waals surface area contributed by atoms with Crippen LogP contribution in [0.1, 0.15) is 43.5 Å². The van der Waals surface area contributed by atoms with Crippen LogP contribution in [0.5, 0.6) is 0 Å². The number of methoxy groups -OCH3 is 1. The Morgan fingerprint density at radius 1 is 1.19 bits per heavy atom. The number of pyridine rings is 1. The standard InChI is InChI=1S/C20H32N4O3/c1-4-16(5-2)20(26)24-12-10-23(11-13-24)18-8-7-17(15-22-18)19(25)21-9-6-14-27-3/h7-8,15-16H,4-6,9-14H2,1-3H3,(H,21,25). The summed E-state index contributed by atoms with van der Waals surface area (Å²) in [7, 11) is 1.64. The van der Waals surface area contributed by atoms with Gasteiger partial charge in [-0.15, -0.1) is 0 Å². The molecule has 1 saturated heterocycles. The minimum atomic E-state index is -0.120. The zero-order chi connectivity index (χ0) is 19.6. The molecule has 7 nitrogen and oxygen atoms in total.